The SMILES string of the molecule is CCc1ccc(/C=N\NC(=O)CNS(=O)(=O)c2ccccc2)cc1. The molecule has 0 atom stereocenters. The summed E-state index contributed by atoms with van der Waals surface area (Å²) in [7, 11) is -3.70. The minimum atomic E-state index is -3.70. The van der Waals surface area contributed by atoms with E-state index in [4.69, 9.17) is 0 Å². The molecule has 126 valence electrons. The lowest BCUT2D eigenvalue weighted by Crippen LogP contribution is -2.34. The number of amides is 1. The molecule has 2 N–H and O–H groups in total. The molecular formula is C17H19N3O3S. The zero-order valence-electron chi connectivity index (χ0n) is 13.3. The summed E-state index contributed by atoms with van der Waals surface area (Å²) in [6.07, 6.45) is 2.46. The summed E-state index contributed by atoms with van der Waals surface area (Å²) < 4.78 is 26.2. The number of rotatable bonds is 7. The molecule has 2 rings (SSSR count). The molecule has 1 amide bonds. The zero-order chi connectivity index (χ0) is 17.4. The first kappa shape index (κ1) is 17.8. The number of hydrogen-bond donors (Lipinski definition) is 2. The minimum Gasteiger partial charge on any atom is -0.272 e. The van der Waals surface area contributed by atoms with Crippen molar-refractivity contribution in [2.45, 2.75) is 18.2 Å². The standard InChI is InChI=1S/C17H19N3O3S/c1-2-14-8-10-15(11-9-14)12-18-20-17(21)13-19-24(22,23)16-6-4-3-5-7-16/h3-12,19H,2,13H2,1H3,(H,20,21)/b18-12-. The highest BCUT2D eigenvalue weighted by Gasteiger charge is 2.14. The molecule has 0 saturated carbocycles. The molecule has 0 unspecified atom stereocenters. The normalized spacial score (nSPS) is 11.5. The molecule has 24 heavy (non-hydrogen) atoms. The smallest absolute Gasteiger partial charge is 0.255 e. The van der Waals surface area contributed by atoms with Crippen LogP contribution < -0.4 is 10.1 Å². The Kier molecular flexibility index (Phi) is 6.22. The van der Waals surface area contributed by atoms with Crippen LogP contribution in [0.15, 0.2) is 64.6 Å². The van der Waals surface area contributed by atoms with E-state index >= 15 is 0 Å². The van der Waals surface area contributed by atoms with E-state index in [1.54, 1.807) is 18.2 Å². The predicted molar refractivity (Wildman–Crippen MR) is 93.2 cm³/mol. The summed E-state index contributed by atoms with van der Waals surface area (Å²) in [5.41, 5.74) is 4.35. The lowest BCUT2D eigenvalue weighted by Gasteiger charge is -2.05. The highest BCUT2D eigenvalue weighted by molar-refractivity contribution is 7.89. The second-order valence-electron chi connectivity index (χ2n) is 5.03. The van der Waals surface area contributed by atoms with Crippen LogP contribution in [0.3, 0.4) is 0 Å². The quantitative estimate of drug-likeness (QED) is 0.591. The Bertz CT molecular complexity index is 801. The minimum absolute atomic E-state index is 0.109. The van der Waals surface area contributed by atoms with Crippen LogP contribution in [0.25, 0.3) is 0 Å². The van der Waals surface area contributed by atoms with Gasteiger partial charge in [-0.2, -0.15) is 5.10 Å². The van der Waals surface area contributed by atoms with Crippen LogP contribution in [0.4, 0.5) is 0 Å². The van der Waals surface area contributed by atoms with Gasteiger partial charge in [0.15, 0.2) is 0 Å². The number of hydrogen-bond acceptors (Lipinski definition) is 4. The largest absolute Gasteiger partial charge is 0.272 e. The van der Waals surface area contributed by atoms with Crippen molar-refractivity contribution in [2.24, 2.45) is 5.10 Å². The molecule has 6 nitrogen and oxygen atoms in total. The second kappa shape index (κ2) is 8.37. The van der Waals surface area contributed by atoms with Crippen LogP contribution in [0.1, 0.15) is 18.1 Å². The molecule has 0 aliphatic carbocycles. The number of carbonyl (C=O) groups excluding carboxylic acids is 1. The second-order valence-corrected chi connectivity index (χ2v) is 6.79. The molecule has 0 saturated heterocycles. The maximum absolute atomic E-state index is 12.0. The fraction of sp³-hybridized carbons (Fsp3) is 0.176. The van der Waals surface area contributed by atoms with E-state index in [1.165, 1.54) is 23.9 Å². The van der Waals surface area contributed by atoms with Gasteiger partial charge in [-0.3, -0.25) is 4.79 Å². The van der Waals surface area contributed by atoms with Crippen molar-refractivity contribution in [2.75, 3.05) is 6.54 Å². The summed E-state index contributed by atoms with van der Waals surface area (Å²) in [5, 5.41) is 3.81. The Balaban J connectivity index is 1.84. The van der Waals surface area contributed by atoms with E-state index in [0.717, 1.165) is 12.0 Å². The van der Waals surface area contributed by atoms with Crippen LogP contribution in [-0.4, -0.2) is 27.1 Å². The molecule has 0 spiro atoms. The molecule has 0 aromatic heterocycles. The number of nitrogens with zero attached hydrogens (tertiary/aromatic N) is 1. The number of hydrazone groups is 1. The van der Waals surface area contributed by atoms with Gasteiger partial charge in [-0.1, -0.05) is 49.4 Å². The molecular weight excluding hydrogens is 326 g/mol. The van der Waals surface area contributed by atoms with E-state index in [9.17, 15) is 13.2 Å². The van der Waals surface area contributed by atoms with Gasteiger partial charge in [0.2, 0.25) is 10.0 Å². The predicted octanol–water partition coefficient (Wildman–Crippen LogP) is 1.68. The first-order valence-electron chi connectivity index (χ1n) is 7.47. The van der Waals surface area contributed by atoms with Crippen LogP contribution in [0.2, 0.25) is 0 Å². The fourth-order valence-corrected chi connectivity index (χ4v) is 2.90. The van der Waals surface area contributed by atoms with Crippen molar-refractivity contribution < 1.29 is 13.2 Å². The third-order valence-electron chi connectivity index (χ3n) is 3.27. The Morgan fingerprint density at radius 1 is 1.08 bits per heavy atom. The maximum atomic E-state index is 12.0. The number of nitrogens with one attached hydrogen (secondary N) is 2. The van der Waals surface area contributed by atoms with Gasteiger partial charge in [-0.05, 0) is 29.7 Å². The Morgan fingerprint density at radius 3 is 2.38 bits per heavy atom. The van der Waals surface area contributed by atoms with E-state index in [-0.39, 0.29) is 11.4 Å². The number of benzene rings is 2. The van der Waals surface area contributed by atoms with Gasteiger partial charge in [-0.25, -0.2) is 18.6 Å². The van der Waals surface area contributed by atoms with Gasteiger partial charge in [0.1, 0.15) is 0 Å². The van der Waals surface area contributed by atoms with Crippen molar-refractivity contribution in [1.82, 2.24) is 10.1 Å². The molecule has 7 heteroatoms. The van der Waals surface area contributed by atoms with Gasteiger partial charge in [0.05, 0.1) is 17.7 Å². The maximum Gasteiger partial charge on any atom is 0.255 e. The summed E-state index contributed by atoms with van der Waals surface area (Å²) in [5.74, 6) is -0.545. The highest BCUT2D eigenvalue weighted by atomic mass is 32.2. The van der Waals surface area contributed by atoms with E-state index in [2.05, 4.69) is 22.2 Å². The third-order valence-corrected chi connectivity index (χ3v) is 4.68. The Labute approximate surface area is 141 Å². The average Bonchev–Trinajstić information content (AvgIpc) is 2.61. The van der Waals surface area contributed by atoms with Gasteiger partial charge < -0.3 is 0 Å². The van der Waals surface area contributed by atoms with Gasteiger partial charge in [0, 0.05) is 0 Å². The first-order valence-corrected chi connectivity index (χ1v) is 8.95. The Hall–Kier alpha value is -2.51. The number of aryl methyl sites for hydroxylation is 1. The van der Waals surface area contributed by atoms with E-state index < -0.39 is 15.9 Å². The molecule has 2 aromatic rings. The van der Waals surface area contributed by atoms with Gasteiger partial charge >= 0.3 is 0 Å². The van der Waals surface area contributed by atoms with Crippen molar-refractivity contribution in [1.29, 1.82) is 0 Å². The van der Waals surface area contributed by atoms with Crippen LogP contribution in [-0.2, 0) is 21.2 Å². The molecule has 0 radical (unpaired) electrons. The summed E-state index contributed by atoms with van der Waals surface area (Å²) in [4.78, 5) is 11.8. The first-order chi connectivity index (χ1) is 11.5. The van der Waals surface area contributed by atoms with Crippen molar-refractivity contribution in [3.05, 3.63) is 65.7 Å². The Morgan fingerprint density at radius 2 is 1.75 bits per heavy atom. The topological polar surface area (TPSA) is 87.6 Å². The van der Waals surface area contributed by atoms with Crippen LogP contribution in [0, 0.1) is 0 Å². The lowest BCUT2D eigenvalue weighted by molar-refractivity contribution is -0.119. The van der Waals surface area contributed by atoms with Crippen LogP contribution >= 0.6 is 0 Å². The summed E-state index contributed by atoms with van der Waals surface area (Å²) in [6, 6.07) is 15.6. The molecule has 0 bridgehead atoms. The average molecular weight is 345 g/mol. The highest BCUT2D eigenvalue weighted by Crippen LogP contribution is 2.06. The molecule has 2 aromatic carbocycles. The lowest BCUT2D eigenvalue weighted by atomic mass is 10.1. The van der Waals surface area contributed by atoms with E-state index in [1.807, 2.05) is 24.3 Å². The monoisotopic (exact) mass is 345 g/mol. The third kappa shape index (κ3) is 5.29. The zero-order valence-corrected chi connectivity index (χ0v) is 14.1. The molecule has 0 aliphatic rings. The fourth-order valence-electron chi connectivity index (χ4n) is 1.90. The van der Waals surface area contributed by atoms with E-state index in [0.29, 0.717) is 0 Å². The van der Waals surface area contributed by atoms with Crippen molar-refractivity contribution in [3.63, 3.8) is 0 Å². The van der Waals surface area contributed by atoms with Crippen molar-refractivity contribution >= 4 is 22.1 Å². The summed E-state index contributed by atoms with van der Waals surface area (Å²) >= 11 is 0. The number of carbonyl (C=O) groups is 1. The molecule has 0 aliphatic heterocycles. The molecule has 0 fully saturated rings. The summed E-state index contributed by atoms with van der Waals surface area (Å²) in [6.45, 7) is 1.68. The van der Waals surface area contributed by atoms with Gasteiger partial charge in [0.25, 0.3) is 5.91 Å². The van der Waals surface area contributed by atoms with Crippen molar-refractivity contribution in [3.8, 4) is 0 Å². The van der Waals surface area contributed by atoms with Crippen LogP contribution in [0.5, 0.6) is 0 Å². The van der Waals surface area contributed by atoms with Gasteiger partial charge in [-0.15, -0.1) is 0 Å². The number of sulfonamides is 1. The molecule has 0 heterocycles.